The van der Waals surface area contributed by atoms with Gasteiger partial charge in [-0.2, -0.15) is 0 Å². The molecule has 1 atom stereocenters. The zero-order chi connectivity index (χ0) is 10.7. The van der Waals surface area contributed by atoms with Crippen molar-refractivity contribution in [3.8, 4) is 0 Å². The van der Waals surface area contributed by atoms with Crippen LogP contribution in [0.25, 0.3) is 0 Å². The van der Waals surface area contributed by atoms with Crippen LogP contribution in [-0.2, 0) is 4.79 Å². The molecule has 0 aromatic heterocycles. The summed E-state index contributed by atoms with van der Waals surface area (Å²) in [6.07, 6.45) is 4.81. The van der Waals surface area contributed by atoms with Crippen LogP contribution in [-0.4, -0.2) is 23.9 Å². The van der Waals surface area contributed by atoms with Crippen molar-refractivity contribution in [1.82, 2.24) is 4.90 Å². The van der Waals surface area contributed by atoms with E-state index in [4.69, 9.17) is 0 Å². The van der Waals surface area contributed by atoms with E-state index in [9.17, 15) is 4.79 Å². The van der Waals surface area contributed by atoms with Crippen molar-refractivity contribution in [3.63, 3.8) is 0 Å². The minimum Gasteiger partial charge on any atom is -0.339 e. The van der Waals surface area contributed by atoms with Gasteiger partial charge in [-0.25, -0.2) is 0 Å². The maximum absolute atomic E-state index is 11.8. The first kappa shape index (κ1) is 11.0. The van der Waals surface area contributed by atoms with Gasteiger partial charge in [-0.05, 0) is 19.8 Å². The fraction of sp³-hybridized carbons (Fsp3) is 0.583. The highest BCUT2D eigenvalue weighted by atomic mass is 16.2. The van der Waals surface area contributed by atoms with Crippen LogP contribution in [0.1, 0.15) is 33.1 Å². The van der Waals surface area contributed by atoms with Crippen LogP contribution in [0.2, 0.25) is 0 Å². The molecule has 14 heavy (non-hydrogen) atoms. The Morgan fingerprint density at radius 3 is 2.79 bits per heavy atom. The second-order valence-electron chi connectivity index (χ2n) is 3.94. The smallest absolute Gasteiger partial charge is 0.253 e. The molecule has 0 fully saturated rings. The Labute approximate surface area is 86.3 Å². The molecule has 1 amide bonds. The average Bonchev–Trinajstić information content (AvgIpc) is 2.16. The second kappa shape index (κ2) is 4.45. The molecular weight excluding hydrogens is 174 g/mol. The molecule has 0 saturated heterocycles. The molecule has 0 bridgehead atoms. The van der Waals surface area contributed by atoms with Gasteiger partial charge >= 0.3 is 0 Å². The van der Waals surface area contributed by atoms with Gasteiger partial charge in [0, 0.05) is 18.7 Å². The van der Waals surface area contributed by atoms with Gasteiger partial charge in [-0.1, -0.05) is 31.6 Å². The minimum absolute atomic E-state index is 0.127. The number of hydrogen-bond acceptors (Lipinski definition) is 1. The second-order valence-corrected chi connectivity index (χ2v) is 3.94. The largest absolute Gasteiger partial charge is 0.339 e. The van der Waals surface area contributed by atoms with Crippen LogP contribution in [0.4, 0.5) is 0 Å². The third kappa shape index (κ3) is 1.89. The van der Waals surface area contributed by atoms with Crippen molar-refractivity contribution >= 4 is 5.91 Å². The molecule has 0 aromatic rings. The summed E-state index contributed by atoms with van der Waals surface area (Å²) in [5, 5.41) is 0. The van der Waals surface area contributed by atoms with Crippen LogP contribution >= 0.6 is 0 Å². The summed E-state index contributed by atoms with van der Waals surface area (Å²) in [5.74, 6) is 0.127. The van der Waals surface area contributed by atoms with E-state index in [-0.39, 0.29) is 5.91 Å². The van der Waals surface area contributed by atoms with E-state index < -0.39 is 0 Å². The van der Waals surface area contributed by atoms with Crippen LogP contribution in [0, 0.1) is 0 Å². The van der Waals surface area contributed by atoms with Crippen LogP contribution in [0.3, 0.4) is 0 Å². The Morgan fingerprint density at radius 1 is 1.64 bits per heavy atom. The number of nitrogens with zero attached hydrogens (tertiary/aromatic N) is 1. The average molecular weight is 193 g/mol. The van der Waals surface area contributed by atoms with Gasteiger partial charge in [0.25, 0.3) is 5.91 Å². The molecule has 1 heterocycles. The summed E-state index contributed by atoms with van der Waals surface area (Å²) in [7, 11) is 1.86. The number of carbonyl (C=O) groups excluding carboxylic acids is 1. The summed E-state index contributed by atoms with van der Waals surface area (Å²) in [6.45, 7) is 7.95. The molecule has 0 N–H and O–H groups in total. The Morgan fingerprint density at radius 2 is 2.29 bits per heavy atom. The van der Waals surface area contributed by atoms with Gasteiger partial charge < -0.3 is 4.90 Å². The molecule has 0 saturated carbocycles. The SMILES string of the molecule is C=CC1=C(CCC)CC(C)N(C)C1=O. The zero-order valence-electron chi connectivity index (χ0n) is 9.34. The van der Waals surface area contributed by atoms with Crippen molar-refractivity contribution in [2.24, 2.45) is 0 Å². The van der Waals surface area contributed by atoms with Crippen molar-refractivity contribution < 1.29 is 4.79 Å². The standard InChI is InChI=1S/C12H19NO/c1-5-7-10-8-9(3)13(4)12(14)11(10)6-2/h6,9H,2,5,7-8H2,1,3-4H3. The molecule has 0 aromatic carbocycles. The Balaban J connectivity index is 3.01. The first-order valence-electron chi connectivity index (χ1n) is 5.23. The molecule has 2 nitrogen and oxygen atoms in total. The number of amides is 1. The van der Waals surface area contributed by atoms with E-state index in [0.29, 0.717) is 6.04 Å². The fourth-order valence-electron chi connectivity index (χ4n) is 1.92. The lowest BCUT2D eigenvalue weighted by Gasteiger charge is -2.32. The van der Waals surface area contributed by atoms with Gasteiger partial charge in [0.2, 0.25) is 0 Å². The summed E-state index contributed by atoms with van der Waals surface area (Å²) >= 11 is 0. The monoisotopic (exact) mass is 193 g/mol. The van der Waals surface area contributed by atoms with Crippen molar-refractivity contribution in [1.29, 1.82) is 0 Å². The van der Waals surface area contributed by atoms with Gasteiger partial charge in [0.05, 0.1) is 0 Å². The normalized spacial score (nSPS) is 22.9. The molecule has 2 heteroatoms. The number of carbonyl (C=O) groups is 1. The van der Waals surface area contributed by atoms with E-state index in [1.165, 1.54) is 5.57 Å². The first-order valence-corrected chi connectivity index (χ1v) is 5.23. The third-order valence-corrected chi connectivity index (χ3v) is 2.89. The Bertz CT molecular complexity index is 278. The van der Waals surface area contributed by atoms with Crippen molar-refractivity contribution in [2.75, 3.05) is 7.05 Å². The molecular formula is C12H19NO. The highest BCUT2D eigenvalue weighted by Crippen LogP contribution is 2.26. The number of likely N-dealkylation sites (N-methyl/N-ethyl adjacent to an activating group) is 1. The summed E-state index contributed by atoms with van der Waals surface area (Å²) in [5.41, 5.74) is 2.10. The highest BCUT2D eigenvalue weighted by Gasteiger charge is 2.26. The van der Waals surface area contributed by atoms with E-state index in [1.54, 1.807) is 11.0 Å². The van der Waals surface area contributed by atoms with Crippen LogP contribution < -0.4 is 0 Å². The van der Waals surface area contributed by atoms with Gasteiger partial charge in [0.1, 0.15) is 0 Å². The van der Waals surface area contributed by atoms with E-state index in [1.807, 2.05) is 7.05 Å². The molecule has 0 spiro atoms. The number of hydrogen-bond donors (Lipinski definition) is 0. The molecule has 1 aliphatic heterocycles. The molecule has 1 rings (SSSR count). The Kier molecular flexibility index (Phi) is 3.50. The predicted molar refractivity (Wildman–Crippen MR) is 59.0 cm³/mol. The zero-order valence-corrected chi connectivity index (χ0v) is 9.34. The molecule has 0 aliphatic carbocycles. The summed E-state index contributed by atoms with van der Waals surface area (Å²) in [6, 6.07) is 0.327. The quantitative estimate of drug-likeness (QED) is 0.674. The lowest BCUT2D eigenvalue weighted by molar-refractivity contribution is -0.128. The van der Waals surface area contributed by atoms with Gasteiger partial charge in [0.15, 0.2) is 0 Å². The molecule has 0 radical (unpaired) electrons. The third-order valence-electron chi connectivity index (χ3n) is 2.89. The summed E-state index contributed by atoms with van der Waals surface area (Å²) < 4.78 is 0. The van der Waals surface area contributed by atoms with Crippen molar-refractivity contribution in [2.45, 2.75) is 39.2 Å². The van der Waals surface area contributed by atoms with Crippen LogP contribution in [0.15, 0.2) is 23.8 Å². The van der Waals surface area contributed by atoms with Crippen LogP contribution in [0.5, 0.6) is 0 Å². The molecule has 1 unspecified atom stereocenters. The highest BCUT2D eigenvalue weighted by molar-refractivity contribution is 5.97. The summed E-state index contributed by atoms with van der Waals surface area (Å²) in [4.78, 5) is 13.7. The van der Waals surface area contributed by atoms with Gasteiger partial charge in [-0.15, -0.1) is 0 Å². The Hall–Kier alpha value is -1.05. The maximum atomic E-state index is 11.8. The van der Waals surface area contributed by atoms with E-state index >= 15 is 0 Å². The maximum Gasteiger partial charge on any atom is 0.253 e. The van der Waals surface area contributed by atoms with E-state index in [0.717, 1.165) is 24.8 Å². The minimum atomic E-state index is 0.127. The van der Waals surface area contributed by atoms with E-state index in [2.05, 4.69) is 20.4 Å². The fourth-order valence-corrected chi connectivity index (χ4v) is 1.92. The first-order chi connectivity index (χ1) is 6.61. The predicted octanol–water partition coefficient (Wildman–Crippen LogP) is 2.52. The van der Waals surface area contributed by atoms with Gasteiger partial charge in [-0.3, -0.25) is 4.79 Å². The lowest BCUT2D eigenvalue weighted by Crippen LogP contribution is -2.40. The molecule has 78 valence electrons. The number of rotatable bonds is 3. The lowest BCUT2D eigenvalue weighted by atomic mass is 9.91. The topological polar surface area (TPSA) is 20.3 Å². The molecule has 1 aliphatic rings. The van der Waals surface area contributed by atoms with Crippen molar-refractivity contribution in [3.05, 3.63) is 23.8 Å².